The SMILES string of the molecule is C=C(C)C1CCC2=C(C=CN=CC2)N1. The molecule has 0 aromatic carbocycles. The zero-order valence-electron chi connectivity index (χ0n) is 8.59. The van der Waals surface area contributed by atoms with E-state index >= 15 is 0 Å². The van der Waals surface area contributed by atoms with Crippen LogP contribution in [0.2, 0.25) is 0 Å². The van der Waals surface area contributed by atoms with Gasteiger partial charge in [-0.05, 0) is 31.4 Å². The van der Waals surface area contributed by atoms with Gasteiger partial charge in [-0.3, -0.25) is 4.99 Å². The van der Waals surface area contributed by atoms with E-state index in [1.807, 2.05) is 12.4 Å². The van der Waals surface area contributed by atoms with Crippen molar-refractivity contribution in [3.05, 3.63) is 35.7 Å². The fourth-order valence-corrected chi connectivity index (χ4v) is 1.90. The second kappa shape index (κ2) is 3.82. The molecular weight excluding hydrogens is 172 g/mol. The second-order valence-electron chi connectivity index (χ2n) is 3.95. The van der Waals surface area contributed by atoms with E-state index in [0.717, 1.165) is 19.3 Å². The molecule has 0 amide bonds. The molecule has 2 heterocycles. The topological polar surface area (TPSA) is 24.4 Å². The highest BCUT2D eigenvalue weighted by atomic mass is 14.9. The van der Waals surface area contributed by atoms with E-state index in [1.165, 1.54) is 16.8 Å². The molecule has 0 saturated heterocycles. The summed E-state index contributed by atoms with van der Waals surface area (Å²) in [5.41, 5.74) is 3.94. The summed E-state index contributed by atoms with van der Waals surface area (Å²) in [6, 6.07) is 0.441. The van der Waals surface area contributed by atoms with Crippen molar-refractivity contribution in [3.63, 3.8) is 0 Å². The Morgan fingerprint density at radius 2 is 2.50 bits per heavy atom. The van der Waals surface area contributed by atoms with Crippen LogP contribution in [0, 0.1) is 0 Å². The van der Waals surface area contributed by atoms with Crippen molar-refractivity contribution in [2.75, 3.05) is 0 Å². The van der Waals surface area contributed by atoms with Gasteiger partial charge in [0.15, 0.2) is 0 Å². The van der Waals surface area contributed by atoms with Gasteiger partial charge in [0.1, 0.15) is 0 Å². The normalized spacial score (nSPS) is 25.4. The smallest absolute Gasteiger partial charge is 0.0471 e. The number of allylic oxidation sites excluding steroid dienone is 2. The average Bonchev–Trinajstić information content (AvgIpc) is 2.41. The van der Waals surface area contributed by atoms with Crippen LogP contribution in [0.1, 0.15) is 26.2 Å². The highest BCUT2D eigenvalue weighted by molar-refractivity contribution is 5.64. The van der Waals surface area contributed by atoms with Gasteiger partial charge in [0.2, 0.25) is 0 Å². The number of nitrogens with zero attached hydrogens (tertiary/aromatic N) is 1. The summed E-state index contributed by atoms with van der Waals surface area (Å²) in [7, 11) is 0. The Hall–Kier alpha value is -1.31. The molecule has 1 unspecified atom stereocenters. The summed E-state index contributed by atoms with van der Waals surface area (Å²) in [5, 5.41) is 3.51. The fourth-order valence-electron chi connectivity index (χ4n) is 1.90. The lowest BCUT2D eigenvalue weighted by Crippen LogP contribution is -2.33. The Morgan fingerprint density at radius 1 is 1.64 bits per heavy atom. The van der Waals surface area contributed by atoms with Crippen LogP contribution in [-0.4, -0.2) is 12.3 Å². The molecule has 0 aromatic rings. The maximum absolute atomic E-state index is 4.16. The van der Waals surface area contributed by atoms with Crippen molar-refractivity contribution >= 4 is 6.21 Å². The van der Waals surface area contributed by atoms with Crippen molar-refractivity contribution in [1.82, 2.24) is 5.32 Å². The van der Waals surface area contributed by atoms with Gasteiger partial charge in [-0.2, -0.15) is 0 Å². The van der Waals surface area contributed by atoms with Crippen molar-refractivity contribution in [2.24, 2.45) is 4.99 Å². The van der Waals surface area contributed by atoms with E-state index in [2.05, 4.69) is 29.9 Å². The van der Waals surface area contributed by atoms with Crippen molar-refractivity contribution in [1.29, 1.82) is 0 Å². The average molecular weight is 188 g/mol. The fraction of sp³-hybridized carbons (Fsp3) is 0.417. The third-order valence-corrected chi connectivity index (χ3v) is 2.81. The molecule has 2 heteroatoms. The van der Waals surface area contributed by atoms with Gasteiger partial charge in [-0.25, -0.2) is 0 Å². The Labute approximate surface area is 85.1 Å². The Bertz CT molecular complexity index is 334. The van der Waals surface area contributed by atoms with Crippen LogP contribution in [0.15, 0.2) is 40.7 Å². The predicted octanol–water partition coefficient (Wildman–Crippen LogP) is 2.56. The minimum atomic E-state index is 0.441. The third-order valence-electron chi connectivity index (χ3n) is 2.81. The lowest BCUT2D eigenvalue weighted by molar-refractivity contribution is 0.555. The van der Waals surface area contributed by atoms with Crippen LogP contribution in [0.5, 0.6) is 0 Å². The minimum absolute atomic E-state index is 0.441. The van der Waals surface area contributed by atoms with Crippen molar-refractivity contribution < 1.29 is 0 Å². The first-order chi connectivity index (χ1) is 6.77. The highest BCUT2D eigenvalue weighted by Gasteiger charge is 2.18. The van der Waals surface area contributed by atoms with E-state index in [-0.39, 0.29) is 0 Å². The van der Waals surface area contributed by atoms with Gasteiger partial charge >= 0.3 is 0 Å². The largest absolute Gasteiger partial charge is 0.379 e. The van der Waals surface area contributed by atoms with Crippen LogP contribution in [0.25, 0.3) is 0 Å². The summed E-state index contributed by atoms with van der Waals surface area (Å²) in [6.45, 7) is 6.08. The molecule has 2 rings (SSSR count). The van der Waals surface area contributed by atoms with Crippen LogP contribution in [0.4, 0.5) is 0 Å². The molecule has 2 nitrogen and oxygen atoms in total. The predicted molar refractivity (Wildman–Crippen MR) is 60.2 cm³/mol. The van der Waals surface area contributed by atoms with Gasteiger partial charge < -0.3 is 5.32 Å². The molecule has 0 bridgehead atoms. The maximum Gasteiger partial charge on any atom is 0.0471 e. The summed E-state index contributed by atoms with van der Waals surface area (Å²) in [4.78, 5) is 4.16. The Balaban J connectivity index is 2.18. The van der Waals surface area contributed by atoms with Crippen LogP contribution in [0.3, 0.4) is 0 Å². The first kappa shape index (κ1) is 9.25. The molecule has 0 saturated carbocycles. The standard InChI is InChI=1S/C12H16N2/c1-9(2)11-4-3-10-5-7-13-8-6-12(10)14-11/h6-8,11,14H,1,3-5H2,2H3. The molecule has 74 valence electrons. The van der Waals surface area contributed by atoms with Crippen LogP contribution >= 0.6 is 0 Å². The Kier molecular flexibility index (Phi) is 2.53. The Morgan fingerprint density at radius 3 is 3.29 bits per heavy atom. The number of aliphatic imine (C=N–C) groups is 1. The van der Waals surface area contributed by atoms with Gasteiger partial charge in [-0.15, -0.1) is 0 Å². The van der Waals surface area contributed by atoms with Gasteiger partial charge in [-0.1, -0.05) is 12.2 Å². The maximum atomic E-state index is 4.16. The lowest BCUT2D eigenvalue weighted by atomic mass is 9.93. The summed E-state index contributed by atoms with van der Waals surface area (Å²) in [5.74, 6) is 0. The zero-order chi connectivity index (χ0) is 9.97. The van der Waals surface area contributed by atoms with E-state index in [0.29, 0.717) is 6.04 Å². The number of hydrogen-bond donors (Lipinski definition) is 1. The first-order valence-corrected chi connectivity index (χ1v) is 5.09. The van der Waals surface area contributed by atoms with Gasteiger partial charge in [0, 0.05) is 30.6 Å². The molecule has 0 aliphatic carbocycles. The molecule has 0 spiro atoms. The minimum Gasteiger partial charge on any atom is -0.379 e. The molecule has 0 fully saturated rings. The van der Waals surface area contributed by atoms with E-state index in [9.17, 15) is 0 Å². The lowest BCUT2D eigenvalue weighted by Gasteiger charge is -2.27. The van der Waals surface area contributed by atoms with E-state index in [1.54, 1.807) is 0 Å². The number of hydrogen-bond acceptors (Lipinski definition) is 2. The van der Waals surface area contributed by atoms with Crippen molar-refractivity contribution in [2.45, 2.75) is 32.2 Å². The van der Waals surface area contributed by atoms with E-state index < -0.39 is 0 Å². The quantitative estimate of drug-likeness (QED) is 0.628. The molecule has 0 aromatic heterocycles. The second-order valence-corrected chi connectivity index (χ2v) is 3.95. The molecule has 2 aliphatic heterocycles. The highest BCUT2D eigenvalue weighted by Crippen LogP contribution is 2.25. The third kappa shape index (κ3) is 1.79. The number of nitrogens with one attached hydrogen (secondary N) is 1. The molecule has 14 heavy (non-hydrogen) atoms. The molecular formula is C12H16N2. The van der Waals surface area contributed by atoms with E-state index in [4.69, 9.17) is 0 Å². The summed E-state index contributed by atoms with van der Waals surface area (Å²) < 4.78 is 0. The van der Waals surface area contributed by atoms with Crippen molar-refractivity contribution in [3.8, 4) is 0 Å². The molecule has 1 N–H and O–H groups in total. The van der Waals surface area contributed by atoms with Gasteiger partial charge in [0.25, 0.3) is 0 Å². The molecule has 1 atom stereocenters. The van der Waals surface area contributed by atoms with Gasteiger partial charge in [0.05, 0.1) is 0 Å². The first-order valence-electron chi connectivity index (χ1n) is 5.09. The molecule has 0 radical (unpaired) electrons. The van der Waals surface area contributed by atoms with Crippen LogP contribution < -0.4 is 5.32 Å². The zero-order valence-corrected chi connectivity index (χ0v) is 8.59. The monoisotopic (exact) mass is 188 g/mol. The number of rotatable bonds is 1. The summed E-state index contributed by atoms with van der Waals surface area (Å²) in [6.07, 6.45) is 9.20. The summed E-state index contributed by atoms with van der Waals surface area (Å²) >= 11 is 0. The van der Waals surface area contributed by atoms with Crippen LogP contribution in [-0.2, 0) is 0 Å². The molecule has 2 aliphatic rings.